The van der Waals surface area contributed by atoms with Crippen molar-refractivity contribution in [3.05, 3.63) is 34.3 Å². The van der Waals surface area contributed by atoms with Crippen LogP contribution >= 0.6 is 15.9 Å². The molecule has 2 rings (SSSR count). The fourth-order valence-electron chi connectivity index (χ4n) is 2.00. The third-order valence-corrected chi connectivity index (χ3v) is 4.10. The largest absolute Gasteiger partial charge is 0.370 e. The maximum Gasteiger partial charge on any atom is 0.189 e. The number of hydrogen-bond acceptors (Lipinski definition) is 1. The van der Waals surface area contributed by atoms with Crippen molar-refractivity contribution in [2.75, 3.05) is 0 Å². The number of nitrogens with one attached hydrogen (secondary N) is 1. The zero-order chi connectivity index (χ0) is 13.1. The monoisotopic (exact) mass is 309 g/mol. The molecule has 1 aromatic carbocycles. The van der Waals surface area contributed by atoms with E-state index in [4.69, 9.17) is 5.73 Å². The lowest BCUT2D eigenvalue weighted by atomic mass is 10.1. The summed E-state index contributed by atoms with van der Waals surface area (Å²) < 4.78 is 1.17. The molecule has 0 aromatic heterocycles. The Kier molecular flexibility index (Phi) is 4.27. The van der Waals surface area contributed by atoms with Gasteiger partial charge < -0.3 is 11.1 Å². The van der Waals surface area contributed by atoms with Crippen LogP contribution in [0.2, 0.25) is 0 Å². The minimum absolute atomic E-state index is 0.334. The highest BCUT2D eigenvalue weighted by molar-refractivity contribution is 9.10. The third-order valence-electron chi connectivity index (χ3n) is 3.37. The molecule has 3 N–H and O–H groups in total. The molecule has 0 heterocycles. The van der Waals surface area contributed by atoms with Gasteiger partial charge in [0.1, 0.15) is 0 Å². The van der Waals surface area contributed by atoms with Gasteiger partial charge in [0.25, 0.3) is 0 Å². The van der Waals surface area contributed by atoms with Crippen LogP contribution in [0.25, 0.3) is 0 Å². The molecule has 1 fully saturated rings. The lowest BCUT2D eigenvalue weighted by Gasteiger charge is -2.11. The van der Waals surface area contributed by atoms with Gasteiger partial charge in [0.2, 0.25) is 0 Å². The summed E-state index contributed by atoms with van der Waals surface area (Å²) in [5.74, 6) is 1.08. The van der Waals surface area contributed by atoms with Crippen molar-refractivity contribution in [3.63, 3.8) is 0 Å². The van der Waals surface area contributed by atoms with Crippen LogP contribution in [0.15, 0.2) is 33.7 Å². The van der Waals surface area contributed by atoms with Gasteiger partial charge in [-0.3, -0.25) is 0 Å². The van der Waals surface area contributed by atoms with Crippen molar-refractivity contribution in [1.29, 1.82) is 0 Å². The normalized spacial score (nSPS) is 24.7. The predicted molar refractivity (Wildman–Crippen MR) is 79.8 cm³/mol. The van der Waals surface area contributed by atoms with Gasteiger partial charge in [-0.2, -0.15) is 0 Å². The zero-order valence-electron chi connectivity index (χ0n) is 10.9. The number of guanidine groups is 1. The Morgan fingerprint density at radius 3 is 2.94 bits per heavy atom. The SMILES string of the molecule is CCC(C)NC(N)=N[C@@H]1C[C@H]1c1ccccc1Br. The summed E-state index contributed by atoms with van der Waals surface area (Å²) in [5, 5.41) is 3.20. The predicted octanol–water partition coefficient (Wildman–Crippen LogP) is 3.01. The molecule has 0 amide bonds. The fraction of sp³-hybridized carbons (Fsp3) is 0.500. The molecule has 98 valence electrons. The van der Waals surface area contributed by atoms with Gasteiger partial charge in [-0.25, -0.2) is 4.99 Å². The maximum absolute atomic E-state index is 5.90. The van der Waals surface area contributed by atoms with Crippen LogP contribution in [0.4, 0.5) is 0 Å². The van der Waals surface area contributed by atoms with Crippen LogP contribution in [-0.4, -0.2) is 18.0 Å². The minimum Gasteiger partial charge on any atom is -0.370 e. The third kappa shape index (κ3) is 3.25. The van der Waals surface area contributed by atoms with Crippen molar-refractivity contribution >= 4 is 21.9 Å². The molecule has 1 aliphatic rings. The molecule has 1 aromatic rings. The van der Waals surface area contributed by atoms with Crippen LogP contribution < -0.4 is 11.1 Å². The van der Waals surface area contributed by atoms with E-state index in [-0.39, 0.29) is 0 Å². The van der Waals surface area contributed by atoms with Gasteiger partial charge in [0, 0.05) is 16.4 Å². The number of halogens is 1. The smallest absolute Gasteiger partial charge is 0.189 e. The van der Waals surface area contributed by atoms with Crippen molar-refractivity contribution in [3.8, 4) is 0 Å². The standard InChI is InChI=1S/C14H20BrN3/c1-3-9(2)17-14(16)18-13-8-11(13)10-6-4-5-7-12(10)15/h4-7,9,11,13H,3,8H2,1-2H3,(H3,16,17,18)/t9?,11-,13+/m0/s1. The maximum atomic E-state index is 5.90. The average Bonchev–Trinajstić information content (AvgIpc) is 3.08. The van der Waals surface area contributed by atoms with Crippen LogP contribution in [0.1, 0.15) is 38.2 Å². The molecular weight excluding hydrogens is 290 g/mol. The summed E-state index contributed by atoms with van der Waals surface area (Å²) >= 11 is 3.59. The highest BCUT2D eigenvalue weighted by atomic mass is 79.9. The average molecular weight is 310 g/mol. The Hall–Kier alpha value is -1.03. The first kappa shape index (κ1) is 13.4. The Labute approximate surface area is 117 Å². The molecule has 1 saturated carbocycles. The lowest BCUT2D eigenvalue weighted by molar-refractivity contribution is 0.636. The van der Waals surface area contributed by atoms with Crippen molar-refractivity contribution < 1.29 is 0 Å². The molecular formula is C14H20BrN3. The molecule has 0 bridgehead atoms. The van der Waals surface area contributed by atoms with Gasteiger partial charge in [-0.05, 0) is 31.4 Å². The number of nitrogens with zero attached hydrogens (tertiary/aromatic N) is 1. The molecule has 3 nitrogen and oxygen atoms in total. The summed E-state index contributed by atoms with van der Waals surface area (Å²) in [6.07, 6.45) is 2.14. The second-order valence-electron chi connectivity index (χ2n) is 4.90. The summed E-state index contributed by atoms with van der Waals surface area (Å²) in [4.78, 5) is 4.54. The van der Waals surface area contributed by atoms with E-state index < -0.39 is 0 Å². The minimum atomic E-state index is 0.334. The van der Waals surface area contributed by atoms with E-state index in [0.29, 0.717) is 24.0 Å². The summed E-state index contributed by atoms with van der Waals surface area (Å²) in [5.41, 5.74) is 7.23. The second kappa shape index (κ2) is 5.74. The summed E-state index contributed by atoms with van der Waals surface area (Å²) in [6, 6.07) is 9.06. The van der Waals surface area contributed by atoms with E-state index in [2.05, 4.69) is 58.3 Å². The molecule has 0 radical (unpaired) electrons. The van der Waals surface area contributed by atoms with Crippen LogP contribution in [0.3, 0.4) is 0 Å². The van der Waals surface area contributed by atoms with Gasteiger partial charge in [-0.15, -0.1) is 0 Å². The molecule has 3 atom stereocenters. The summed E-state index contributed by atoms with van der Waals surface area (Å²) in [6.45, 7) is 4.24. The summed E-state index contributed by atoms with van der Waals surface area (Å²) in [7, 11) is 0. The van der Waals surface area contributed by atoms with Gasteiger partial charge >= 0.3 is 0 Å². The molecule has 0 saturated heterocycles. The number of aliphatic imine (C=N–C) groups is 1. The second-order valence-corrected chi connectivity index (χ2v) is 5.75. The number of nitrogens with two attached hydrogens (primary N) is 1. The lowest BCUT2D eigenvalue weighted by Crippen LogP contribution is -2.38. The van der Waals surface area contributed by atoms with E-state index in [1.54, 1.807) is 0 Å². The topological polar surface area (TPSA) is 50.4 Å². The Morgan fingerprint density at radius 2 is 2.28 bits per heavy atom. The van der Waals surface area contributed by atoms with E-state index in [0.717, 1.165) is 12.8 Å². The van der Waals surface area contributed by atoms with Gasteiger partial charge in [0.05, 0.1) is 6.04 Å². The highest BCUT2D eigenvalue weighted by Gasteiger charge is 2.39. The van der Waals surface area contributed by atoms with Crippen LogP contribution in [0.5, 0.6) is 0 Å². The zero-order valence-corrected chi connectivity index (χ0v) is 12.4. The molecule has 1 unspecified atom stereocenters. The number of rotatable bonds is 4. The first-order chi connectivity index (χ1) is 8.61. The Morgan fingerprint density at radius 1 is 1.56 bits per heavy atom. The molecule has 0 aliphatic heterocycles. The van der Waals surface area contributed by atoms with Crippen LogP contribution in [0, 0.1) is 0 Å². The van der Waals surface area contributed by atoms with E-state index in [1.165, 1.54) is 10.0 Å². The van der Waals surface area contributed by atoms with Crippen molar-refractivity contribution in [1.82, 2.24) is 5.32 Å². The highest BCUT2D eigenvalue weighted by Crippen LogP contribution is 2.45. The van der Waals surface area contributed by atoms with Gasteiger partial charge in [-0.1, -0.05) is 41.1 Å². The fourth-order valence-corrected chi connectivity index (χ4v) is 2.58. The molecule has 18 heavy (non-hydrogen) atoms. The quantitative estimate of drug-likeness (QED) is 0.663. The first-order valence-corrected chi connectivity index (χ1v) is 7.25. The van der Waals surface area contributed by atoms with Crippen molar-refractivity contribution in [2.24, 2.45) is 10.7 Å². The van der Waals surface area contributed by atoms with Crippen LogP contribution in [-0.2, 0) is 0 Å². The first-order valence-electron chi connectivity index (χ1n) is 6.46. The van der Waals surface area contributed by atoms with Gasteiger partial charge in [0.15, 0.2) is 5.96 Å². The molecule has 4 heteroatoms. The van der Waals surface area contributed by atoms with Crippen molar-refractivity contribution in [2.45, 2.75) is 44.7 Å². The Bertz CT molecular complexity index is 444. The molecule has 0 spiro atoms. The molecule has 1 aliphatic carbocycles. The van der Waals surface area contributed by atoms with E-state index in [9.17, 15) is 0 Å². The Balaban J connectivity index is 1.96. The number of benzene rings is 1. The van der Waals surface area contributed by atoms with E-state index >= 15 is 0 Å². The number of hydrogen-bond donors (Lipinski definition) is 2. The van der Waals surface area contributed by atoms with E-state index in [1.807, 2.05) is 6.07 Å².